The van der Waals surface area contributed by atoms with Crippen LogP contribution in [0.3, 0.4) is 0 Å². The highest BCUT2D eigenvalue weighted by Crippen LogP contribution is 2.33. The van der Waals surface area contributed by atoms with E-state index in [2.05, 4.69) is 10.6 Å². The molecule has 0 aliphatic heterocycles. The fourth-order valence-corrected chi connectivity index (χ4v) is 5.21. The zero-order valence-corrected chi connectivity index (χ0v) is 22.5. The van der Waals surface area contributed by atoms with Gasteiger partial charge in [-0.3, -0.25) is 14.6 Å². The minimum atomic E-state index is -1.03. The second kappa shape index (κ2) is 13.0. The van der Waals surface area contributed by atoms with Crippen LogP contribution in [-0.2, 0) is 16.0 Å². The SMILES string of the molecule is CC(=O)N(C)[C@H]1CC[C@H](CC(=O)Nc2cnc(-c3ccc(CCNC(=O)O)cc3)c(-c3ccccc3)c2)CC1. The molecule has 2 aromatic carbocycles. The number of carbonyl (C=O) groups excluding carboxylic acids is 2. The molecular weight excluding hydrogens is 492 g/mol. The highest BCUT2D eigenvalue weighted by molar-refractivity contribution is 5.93. The van der Waals surface area contributed by atoms with Gasteiger partial charge in [0.15, 0.2) is 0 Å². The first-order valence-corrected chi connectivity index (χ1v) is 13.4. The van der Waals surface area contributed by atoms with Crippen LogP contribution in [0.1, 0.15) is 44.6 Å². The maximum Gasteiger partial charge on any atom is 0.404 e. The number of rotatable bonds is 9. The van der Waals surface area contributed by atoms with E-state index in [1.165, 1.54) is 0 Å². The Morgan fingerprint density at radius 3 is 2.31 bits per heavy atom. The molecule has 3 amide bonds. The zero-order valence-electron chi connectivity index (χ0n) is 22.5. The molecule has 1 aliphatic carbocycles. The third-order valence-electron chi connectivity index (χ3n) is 7.51. The first-order valence-electron chi connectivity index (χ1n) is 13.4. The average molecular weight is 529 g/mol. The van der Waals surface area contributed by atoms with E-state index in [4.69, 9.17) is 10.1 Å². The summed E-state index contributed by atoms with van der Waals surface area (Å²) in [4.78, 5) is 41.8. The highest BCUT2D eigenvalue weighted by atomic mass is 16.4. The predicted molar refractivity (Wildman–Crippen MR) is 152 cm³/mol. The molecule has 204 valence electrons. The van der Waals surface area contributed by atoms with Gasteiger partial charge in [0.2, 0.25) is 11.8 Å². The normalized spacial score (nSPS) is 16.8. The lowest BCUT2D eigenvalue weighted by molar-refractivity contribution is -0.130. The van der Waals surface area contributed by atoms with Crippen LogP contribution in [0, 0.1) is 5.92 Å². The van der Waals surface area contributed by atoms with Crippen molar-refractivity contribution in [2.75, 3.05) is 18.9 Å². The van der Waals surface area contributed by atoms with E-state index in [0.29, 0.717) is 31.0 Å². The van der Waals surface area contributed by atoms with Crippen LogP contribution in [-0.4, -0.2) is 52.5 Å². The van der Waals surface area contributed by atoms with Gasteiger partial charge in [0.25, 0.3) is 0 Å². The van der Waals surface area contributed by atoms with Crippen molar-refractivity contribution in [1.29, 1.82) is 0 Å². The third kappa shape index (κ3) is 7.66. The van der Waals surface area contributed by atoms with Crippen LogP contribution in [0.2, 0.25) is 0 Å². The van der Waals surface area contributed by atoms with Gasteiger partial charge in [-0.2, -0.15) is 0 Å². The van der Waals surface area contributed by atoms with Gasteiger partial charge >= 0.3 is 6.09 Å². The van der Waals surface area contributed by atoms with E-state index in [1.807, 2.05) is 72.6 Å². The molecule has 1 fully saturated rings. The van der Waals surface area contributed by atoms with E-state index >= 15 is 0 Å². The summed E-state index contributed by atoms with van der Waals surface area (Å²) in [5.74, 6) is 0.378. The van der Waals surface area contributed by atoms with E-state index in [1.54, 1.807) is 13.1 Å². The molecule has 3 N–H and O–H groups in total. The van der Waals surface area contributed by atoms with Crippen LogP contribution in [0.25, 0.3) is 22.4 Å². The van der Waals surface area contributed by atoms with Crippen molar-refractivity contribution in [3.05, 3.63) is 72.4 Å². The Morgan fingerprint density at radius 1 is 0.974 bits per heavy atom. The van der Waals surface area contributed by atoms with Crippen LogP contribution >= 0.6 is 0 Å². The van der Waals surface area contributed by atoms with Crippen LogP contribution < -0.4 is 10.6 Å². The summed E-state index contributed by atoms with van der Waals surface area (Å²) in [6, 6.07) is 20.1. The Bertz CT molecular complexity index is 1290. The first-order chi connectivity index (χ1) is 18.8. The largest absolute Gasteiger partial charge is 0.465 e. The molecule has 0 atom stereocenters. The maximum atomic E-state index is 12.9. The minimum absolute atomic E-state index is 0.0220. The molecule has 1 aromatic heterocycles. The van der Waals surface area contributed by atoms with Gasteiger partial charge in [0.1, 0.15) is 0 Å². The van der Waals surface area contributed by atoms with Gasteiger partial charge in [-0.15, -0.1) is 0 Å². The smallest absolute Gasteiger partial charge is 0.404 e. The number of anilines is 1. The third-order valence-corrected chi connectivity index (χ3v) is 7.51. The number of amides is 3. The van der Waals surface area contributed by atoms with Crippen molar-refractivity contribution in [3.8, 4) is 22.4 Å². The van der Waals surface area contributed by atoms with Gasteiger partial charge < -0.3 is 20.6 Å². The zero-order chi connectivity index (χ0) is 27.8. The van der Waals surface area contributed by atoms with Crippen molar-refractivity contribution in [3.63, 3.8) is 0 Å². The number of hydrogen-bond acceptors (Lipinski definition) is 4. The number of benzene rings is 2. The molecule has 1 heterocycles. The van der Waals surface area contributed by atoms with Crippen molar-refractivity contribution >= 4 is 23.6 Å². The lowest BCUT2D eigenvalue weighted by atomic mass is 9.83. The molecule has 0 bridgehead atoms. The summed E-state index contributed by atoms with van der Waals surface area (Å²) in [6.07, 6.45) is 5.45. The summed E-state index contributed by atoms with van der Waals surface area (Å²) in [5.41, 5.74) is 5.35. The Balaban J connectivity index is 1.45. The van der Waals surface area contributed by atoms with E-state index in [-0.39, 0.29) is 17.9 Å². The Hall–Kier alpha value is -4.20. The molecule has 3 aromatic rings. The maximum absolute atomic E-state index is 12.9. The number of hydrogen-bond donors (Lipinski definition) is 3. The average Bonchev–Trinajstić information content (AvgIpc) is 2.93. The summed E-state index contributed by atoms with van der Waals surface area (Å²) in [5, 5.41) is 14.2. The van der Waals surface area contributed by atoms with E-state index in [9.17, 15) is 14.4 Å². The summed E-state index contributed by atoms with van der Waals surface area (Å²) in [7, 11) is 1.86. The van der Waals surface area contributed by atoms with E-state index < -0.39 is 6.09 Å². The minimum Gasteiger partial charge on any atom is -0.465 e. The van der Waals surface area contributed by atoms with Crippen LogP contribution in [0.4, 0.5) is 10.5 Å². The topological polar surface area (TPSA) is 112 Å². The molecule has 8 heteroatoms. The second-order valence-electron chi connectivity index (χ2n) is 10.2. The monoisotopic (exact) mass is 528 g/mol. The Kier molecular flexibility index (Phi) is 9.31. The number of nitrogens with zero attached hydrogens (tertiary/aromatic N) is 2. The van der Waals surface area contributed by atoms with E-state index in [0.717, 1.165) is 53.6 Å². The standard InChI is InChI=1S/C31H36N4O4/c1-21(36)35(2)27-14-10-23(11-15-27)18-29(37)34-26-19-28(24-6-4-3-5-7-24)30(33-20-26)25-12-8-22(9-13-25)16-17-32-31(38)39/h3-9,12-13,19-20,23,27,32H,10-11,14-18H2,1-2H3,(H,34,37)(H,38,39)/t23-,27-. The van der Waals surface area contributed by atoms with Gasteiger partial charge in [0, 0.05) is 44.1 Å². The number of carbonyl (C=O) groups is 3. The fraction of sp³-hybridized carbons (Fsp3) is 0.355. The summed E-state index contributed by atoms with van der Waals surface area (Å²) >= 11 is 0. The lowest BCUT2D eigenvalue weighted by Crippen LogP contribution is -2.38. The molecule has 1 saturated carbocycles. The molecule has 39 heavy (non-hydrogen) atoms. The van der Waals surface area contributed by atoms with Gasteiger partial charge in [-0.1, -0.05) is 54.6 Å². The second-order valence-corrected chi connectivity index (χ2v) is 10.2. The number of pyridine rings is 1. The molecular formula is C31H36N4O4. The number of carboxylic acid groups (broad SMARTS) is 1. The lowest BCUT2D eigenvalue weighted by Gasteiger charge is -2.34. The van der Waals surface area contributed by atoms with Gasteiger partial charge in [0.05, 0.1) is 17.6 Å². The molecule has 1 aliphatic rings. The first kappa shape index (κ1) is 27.8. The van der Waals surface area contributed by atoms with Crippen molar-refractivity contribution in [2.45, 2.75) is 51.5 Å². The summed E-state index contributed by atoms with van der Waals surface area (Å²) in [6.45, 7) is 1.95. The fourth-order valence-electron chi connectivity index (χ4n) is 5.21. The number of aromatic nitrogens is 1. The molecule has 8 nitrogen and oxygen atoms in total. The number of nitrogens with one attached hydrogen (secondary N) is 2. The highest BCUT2D eigenvalue weighted by Gasteiger charge is 2.26. The summed E-state index contributed by atoms with van der Waals surface area (Å²) < 4.78 is 0. The Labute approximate surface area is 229 Å². The van der Waals surface area contributed by atoms with Crippen molar-refractivity contribution in [1.82, 2.24) is 15.2 Å². The molecule has 0 radical (unpaired) electrons. The Morgan fingerprint density at radius 2 is 1.67 bits per heavy atom. The molecule has 0 unspecified atom stereocenters. The quantitative estimate of drug-likeness (QED) is 0.335. The van der Waals surface area contributed by atoms with Crippen molar-refractivity contribution < 1.29 is 19.5 Å². The molecule has 0 spiro atoms. The van der Waals surface area contributed by atoms with Crippen LogP contribution in [0.5, 0.6) is 0 Å². The van der Waals surface area contributed by atoms with Gasteiger partial charge in [-0.25, -0.2) is 4.79 Å². The molecule has 0 saturated heterocycles. The predicted octanol–water partition coefficient (Wildman–Crippen LogP) is 5.59. The molecule has 4 rings (SSSR count). The van der Waals surface area contributed by atoms with Crippen molar-refractivity contribution in [2.24, 2.45) is 5.92 Å². The van der Waals surface area contributed by atoms with Crippen LogP contribution in [0.15, 0.2) is 66.9 Å². The van der Waals surface area contributed by atoms with Gasteiger partial charge in [-0.05, 0) is 55.2 Å².